The van der Waals surface area contributed by atoms with Crippen molar-refractivity contribution in [1.82, 2.24) is 10.2 Å². The molecule has 0 aliphatic carbocycles. The zero-order valence-electron chi connectivity index (χ0n) is 27.9. The maximum Gasteiger partial charge on any atom is 0.305 e. The van der Waals surface area contributed by atoms with Crippen molar-refractivity contribution in [1.29, 1.82) is 0 Å². The van der Waals surface area contributed by atoms with Crippen LogP contribution in [0.15, 0.2) is 30.3 Å². The van der Waals surface area contributed by atoms with Gasteiger partial charge in [0.25, 0.3) is 0 Å². The number of hydrogen-bond acceptors (Lipinski definition) is 12. The highest BCUT2D eigenvalue weighted by atomic mass is 32.2. The molecule has 1 aliphatic rings. The van der Waals surface area contributed by atoms with Gasteiger partial charge in [-0.05, 0) is 58.2 Å². The van der Waals surface area contributed by atoms with E-state index in [4.69, 9.17) is 11.5 Å². The van der Waals surface area contributed by atoms with E-state index in [9.17, 15) is 33.9 Å². The van der Waals surface area contributed by atoms with Crippen molar-refractivity contribution >= 4 is 58.4 Å². The van der Waals surface area contributed by atoms with E-state index in [2.05, 4.69) is 5.32 Å². The highest BCUT2D eigenvalue weighted by molar-refractivity contribution is 8.16. The molecule has 1 saturated heterocycles. The summed E-state index contributed by atoms with van der Waals surface area (Å²) < 4.78 is 0. The smallest absolute Gasteiger partial charge is 0.305 e. The molecule has 13 heteroatoms. The molecule has 0 saturated carbocycles. The fraction of sp³-hybridized carbons (Fsp3) is 0.647. The van der Waals surface area contributed by atoms with E-state index in [0.717, 1.165) is 10.6 Å². The second-order valence-electron chi connectivity index (χ2n) is 12.8. The number of benzene rings is 1. The number of ketones is 5. The number of likely N-dealkylation sites (N-methyl/N-ethyl adjacent to an activating group) is 1. The van der Waals surface area contributed by atoms with Gasteiger partial charge in [-0.25, -0.2) is 0 Å². The minimum absolute atomic E-state index is 0.0287. The van der Waals surface area contributed by atoms with Crippen molar-refractivity contribution in [3.63, 3.8) is 0 Å². The van der Waals surface area contributed by atoms with Crippen LogP contribution >= 0.6 is 23.5 Å². The number of carbonyl (C=O) groups is 6. The average Bonchev–Trinajstić information content (AvgIpc) is 3.03. The van der Waals surface area contributed by atoms with E-state index in [1.807, 2.05) is 37.3 Å². The number of carbonyl (C=O) groups excluding carboxylic acids is 5. The van der Waals surface area contributed by atoms with Crippen LogP contribution in [0.3, 0.4) is 0 Å². The number of nitrogens with zero attached hydrogens (tertiary/aromatic N) is 1. The minimum atomic E-state index is -1.13. The maximum absolute atomic E-state index is 13.9. The highest BCUT2D eigenvalue weighted by Crippen LogP contribution is 2.32. The van der Waals surface area contributed by atoms with Crippen LogP contribution in [0.4, 0.5) is 0 Å². The van der Waals surface area contributed by atoms with Crippen LogP contribution in [-0.2, 0) is 35.2 Å². The predicted molar refractivity (Wildman–Crippen MR) is 187 cm³/mol. The third-order valence-electron chi connectivity index (χ3n) is 8.82. The average molecular weight is 693 g/mol. The topological polar surface area (TPSA) is 190 Å². The normalized spacial score (nSPS) is 20.2. The van der Waals surface area contributed by atoms with Gasteiger partial charge in [-0.1, -0.05) is 37.3 Å². The molecule has 1 heterocycles. The van der Waals surface area contributed by atoms with Gasteiger partial charge in [0.1, 0.15) is 11.6 Å². The Labute approximate surface area is 287 Å². The molecule has 6 N–H and O–H groups in total. The van der Waals surface area contributed by atoms with Crippen molar-refractivity contribution in [2.75, 3.05) is 43.3 Å². The van der Waals surface area contributed by atoms with E-state index in [0.29, 0.717) is 43.7 Å². The van der Waals surface area contributed by atoms with E-state index in [1.54, 1.807) is 30.6 Å². The first-order chi connectivity index (χ1) is 22.3. The van der Waals surface area contributed by atoms with E-state index in [1.165, 1.54) is 11.8 Å². The Morgan fingerprint density at radius 3 is 2.40 bits per heavy atom. The van der Waals surface area contributed by atoms with Crippen LogP contribution in [0.2, 0.25) is 0 Å². The van der Waals surface area contributed by atoms with Gasteiger partial charge in [0.2, 0.25) is 0 Å². The third-order valence-corrected chi connectivity index (χ3v) is 11.3. The largest absolute Gasteiger partial charge is 0.481 e. The quantitative estimate of drug-likeness (QED) is 0.156. The monoisotopic (exact) mass is 692 g/mol. The summed E-state index contributed by atoms with van der Waals surface area (Å²) in [5, 5.41) is 13.1. The van der Waals surface area contributed by atoms with E-state index < -0.39 is 41.8 Å². The molecule has 2 rings (SSSR count). The van der Waals surface area contributed by atoms with Crippen molar-refractivity contribution in [2.24, 2.45) is 22.8 Å². The van der Waals surface area contributed by atoms with Crippen molar-refractivity contribution < 1.29 is 33.9 Å². The van der Waals surface area contributed by atoms with Gasteiger partial charge in [-0.3, -0.25) is 39.0 Å². The minimum Gasteiger partial charge on any atom is -0.481 e. The Hall–Kier alpha value is -2.42. The number of nitrogens with one attached hydrogen (secondary N) is 1. The van der Waals surface area contributed by atoms with Crippen molar-refractivity contribution in [3.05, 3.63) is 35.9 Å². The standard InChI is InChI=1S/C34H52N4O7S2/c1-23(39)28(16-33(44)45)38(3)19-32(43)34(2,17-24-8-5-4-6-9-24)14-13-29(40)25(10-7-15-35)11-12-30(41)27-21-47-22-46-20-26(36)31(42)18-37-27/h4-6,8-9,25-28,37H,7,10-22,35-36H2,1-3H3,(H,44,45)/t25-,26+,27+,28+,34+/m1/s1. The molecule has 0 aromatic heterocycles. The molecule has 0 spiro atoms. The van der Waals surface area contributed by atoms with Gasteiger partial charge < -0.3 is 16.6 Å². The number of nitrogens with two attached hydrogens (primary N) is 2. The first kappa shape index (κ1) is 40.8. The predicted octanol–water partition coefficient (Wildman–Crippen LogP) is 2.51. The van der Waals surface area contributed by atoms with Crippen LogP contribution in [0.1, 0.15) is 64.4 Å². The van der Waals surface area contributed by atoms with Crippen molar-refractivity contribution in [3.8, 4) is 0 Å². The molecule has 5 atom stereocenters. The Kier molecular flexibility index (Phi) is 18.1. The molecule has 0 unspecified atom stereocenters. The van der Waals surface area contributed by atoms with Crippen molar-refractivity contribution in [2.45, 2.75) is 83.3 Å². The summed E-state index contributed by atoms with van der Waals surface area (Å²) in [6.07, 6.45) is 2.01. The van der Waals surface area contributed by atoms with Crippen LogP contribution in [0.5, 0.6) is 0 Å². The Bertz CT molecular complexity index is 1220. The summed E-state index contributed by atoms with van der Waals surface area (Å²) >= 11 is 3.20. The highest BCUT2D eigenvalue weighted by Gasteiger charge is 2.37. The molecular weight excluding hydrogens is 641 g/mol. The molecular formula is C34H52N4O7S2. The van der Waals surface area contributed by atoms with Crippen LogP contribution < -0.4 is 16.8 Å². The number of rotatable bonds is 20. The molecule has 0 radical (unpaired) electrons. The lowest BCUT2D eigenvalue weighted by Gasteiger charge is -2.32. The first-order valence-electron chi connectivity index (χ1n) is 16.2. The summed E-state index contributed by atoms with van der Waals surface area (Å²) in [4.78, 5) is 78.2. The molecule has 1 fully saturated rings. The maximum atomic E-state index is 13.9. The number of carboxylic acids is 1. The number of thioether (sulfide) groups is 2. The summed E-state index contributed by atoms with van der Waals surface area (Å²) in [5.41, 5.74) is 11.7. The second-order valence-corrected chi connectivity index (χ2v) is 15.2. The lowest BCUT2D eigenvalue weighted by atomic mass is 9.74. The van der Waals surface area contributed by atoms with Crippen LogP contribution in [0.25, 0.3) is 0 Å². The number of aliphatic carboxylic acids is 1. The van der Waals surface area contributed by atoms with Gasteiger partial charge in [0.05, 0.1) is 37.6 Å². The lowest BCUT2D eigenvalue weighted by molar-refractivity contribution is -0.142. The fourth-order valence-electron chi connectivity index (χ4n) is 5.71. The molecule has 47 heavy (non-hydrogen) atoms. The number of carboxylic acid groups (broad SMARTS) is 1. The first-order valence-corrected chi connectivity index (χ1v) is 18.5. The van der Waals surface area contributed by atoms with Gasteiger partial charge in [0.15, 0.2) is 17.3 Å². The molecule has 1 aromatic rings. The molecule has 0 amide bonds. The van der Waals surface area contributed by atoms with Gasteiger partial charge in [0, 0.05) is 40.8 Å². The zero-order chi connectivity index (χ0) is 35.0. The van der Waals surface area contributed by atoms with Crippen LogP contribution in [0, 0.1) is 11.3 Å². The summed E-state index contributed by atoms with van der Waals surface area (Å²) in [5.74, 6) is -1.20. The van der Waals surface area contributed by atoms with Crippen LogP contribution in [-0.4, -0.2) is 106 Å². The number of hydrogen-bond donors (Lipinski definition) is 4. The summed E-state index contributed by atoms with van der Waals surface area (Å²) in [6, 6.07) is 7.46. The molecule has 262 valence electrons. The summed E-state index contributed by atoms with van der Waals surface area (Å²) in [6.45, 7) is 3.42. The Morgan fingerprint density at radius 2 is 1.77 bits per heavy atom. The second kappa shape index (κ2) is 20.8. The Balaban J connectivity index is 2.15. The fourth-order valence-corrected chi connectivity index (χ4v) is 7.93. The third kappa shape index (κ3) is 14.3. The van der Waals surface area contributed by atoms with E-state index >= 15 is 0 Å². The summed E-state index contributed by atoms with van der Waals surface area (Å²) in [7, 11) is 1.57. The molecule has 1 aromatic carbocycles. The molecule has 1 aliphatic heterocycles. The van der Waals surface area contributed by atoms with E-state index in [-0.39, 0.29) is 61.3 Å². The van der Waals surface area contributed by atoms with Gasteiger partial charge >= 0.3 is 5.97 Å². The molecule has 0 bridgehead atoms. The zero-order valence-corrected chi connectivity index (χ0v) is 29.5. The number of Topliss-reactive ketones (excluding diaryl/α,β-unsaturated/α-hetero) is 5. The SMILES string of the molecule is CC(=O)[C@H](CC(=O)O)N(C)CC(=O)[C@@](C)(CCC(=O)[C@H](CCCN)CCC(=O)[C@@H]1CSCSC[C@H](N)C(=O)CN1)Cc1ccccc1. The lowest BCUT2D eigenvalue weighted by Crippen LogP contribution is -2.47. The Morgan fingerprint density at radius 1 is 1.09 bits per heavy atom. The van der Waals surface area contributed by atoms with Gasteiger partial charge in [-0.15, -0.1) is 23.5 Å². The molecule has 11 nitrogen and oxygen atoms in total. The van der Waals surface area contributed by atoms with Gasteiger partial charge in [-0.2, -0.15) is 0 Å².